The third kappa shape index (κ3) is 1.72. The normalized spacial score (nSPS) is 10.9. The number of carboxylic acids is 2. The van der Waals surface area contributed by atoms with E-state index in [-0.39, 0.29) is 5.56 Å². The summed E-state index contributed by atoms with van der Waals surface area (Å²) in [4.78, 5) is 21.7. The highest BCUT2D eigenvalue weighted by Gasteiger charge is 2.45. The molecule has 2 N–H and O–H groups in total. The topological polar surface area (TPSA) is 74.6 Å². The van der Waals surface area contributed by atoms with E-state index in [1.165, 1.54) is 34.7 Å². The number of carboxylic acid groups (broad SMARTS) is 2. The van der Waals surface area contributed by atoms with Gasteiger partial charge in [-0.15, -0.1) is 0 Å². The number of rotatable bonds is 3. The molecule has 74 valence electrons. The maximum atomic E-state index is 10.9. The summed E-state index contributed by atoms with van der Waals surface area (Å²) < 4.78 is -1.90. The van der Waals surface area contributed by atoms with Crippen molar-refractivity contribution < 1.29 is 19.8 Å². The maximum Gasteiger partial charge on any atom is 0.335 e. The fourth-order valence-electron chi connectivity index (χ4n) is 1.01. The van der Waals surface area contributed by atoms with Crippen LogP contribution in [0.25, 0.3) is 0 Å². The molecule has 1 aromatic carbocycles. The van der Waals surface area contributed by atoms with Gasteiger partial charge in [0, 0.05) is 0 Å². The van der Waals surface area contributed by atoms with Gasteiger partial charge in [0.1, 0.15) is 0 Å². The Morgan fingerprint density at radius 1 is 1.07 bits per heavy atom. The van der Waals surface area contributed by atoms with Crippen molar-refractivity contribution in [2.24, 2.45) is 0 Å². The third-order valence-electron chi connectivity index (χ3n) is 1.76. The lowest BCUT2D eigenvalue weighted by molar-refractivity contribution is -0.151. The lowest BCUT2D eigenvalue weighted by Crippen LogP contribution is -2.37. The zero-order valence-corrected chi connectivity index (χ0v) is 9.13. The maximum absolute atomic E-state index is 10.9. The first kappa shape index (κ1) is 11.0. The third-order valence-corrected chi connectivity index (χ3v) is 3.31. The SMILES string of the molecule is O=C(O)C(I)(C(=O)O)c1ccccc1. The molecular weight excluding hydrogens is 299 g/mol. The molecule has 0 saturated heterocycles. The van der Waals surface area contributed by atoms with Crippen molar-refractivity contribution in [2.45, 2.75) is 3.42 Å². The monoisotopic (exact) mass is 306 g/mol. The first-order valence-electron chi connectivity index (χ1n) is 3.71. The molecule has 14 heavy (non-hydrogen) atoms. The van der Waals surface area contributed by atoms with Gasteiger partial charge >= 0.3 is 11.9 Å². The zero-order chi connectivity index (χ0) is 10.8. The lowest BCUT2D eigenvalue weighted by atomic mass is 10.00. The number of halogens is 1. The van der Waals surface area contributed by atoms with Crippen LogP contribution in [0.3, 0.4) is 0 Å². The molecule has 0 unspecified atom stereocenters. The van der Waals surface area contributed by atoms with Crippen molar-refractivity contribution in [2.75, 3.05) is 0 Å². The van der Waals surface area contributed by atoms with E-state index in [9.17, 15) is 9.59 Å². The number of aliphatic carboxylic acids is 2. The smallest absolute Gasteiger partial charge is 0.335 e. The Morgan fingerprint density at radius 3 is 1.86 bits per heavy atom. The van der Waals surface area contributed by atoms with Crippen molar-refractivity contribution in [1.82, 2.24) is 0 Å². The molecule has 0 amide bonds. The second kappa shape index (κ2) is 3.95. The molecule has 0 aromatic heterocycles. The summed E-state index contributed by atoms with van der Waals surface area (Å²) in [6.45, 7) is 0. The van der Waals surface area contributed by atoms with E-state index in [0.717, 1.165) is 0 Å². The molecule has 0 aliphatic rings. The summed E-state index contributed by atoms with van der Waals surface area (Å²) in [7, 11) is 0. The molecule has 1 aromatic rings. The van der Waals surface area contributed by atoms with Gasteiger partial charge in [-0.2, -0.15) is 0 Å². The summed E-state index contributed by atoms with van der Waals surface area (Å²) >= 11 is 1.42. The molecule has 4 nitrogen and oxygen atoms in total. The van der Waals surface area contributed by atoms with E-state index >= 15 is 0 Å². The molecule has 5 heteroatoms. The average Bonchev–Trinajstić information content (AvgIpc) is 2.17. The summed E-state index contributed by atoms with van der Waals surface area (Å²) in [6.07, 6.45) is 0. The molecule has 0 aliphatic heterocycles. The number of hydrogen-bond donors (Lipinski definition) is 2. The Bertz CT molecular complexity index is 346. The van der Waals surface area contributed by atoms with Gasteiger partial charge in [-0.3, -0.25) is 0 Å². The Hall–Kier alpha value is -1.11. The minimum absolute atomic E-state index is 0.251. The zero-order valence-electron chi connectivity index (χ0n) is 6.98. The van der Waals surface area contributed by atoms with Crippen molar-refractivity contribution in [3.63, 3.8) is 0 Å². The van der Waals surface area contributed by atoms with Crippen molar-refractivity contribution in [1.29, 1.82) is 0 Å². The Kier molecular flexibility index (Phi) is 3.10. The van der Waals surface area contributed by atoms with Gasteiger partial charge in [-0.25, -0.2) is 9.59 Å². The molecular formula is C9H7IO4. The largest absolute Gasteiger partial charge is 0.480 e. The second-order valence-electron chi connectivity index (χ2n) is 2.63. The van der Waals surface area contributed by atoms with E-state index < -0.39 is 15.4 Å². The van der Waals surface area contributed by atoms with Crippen LogP contribution in [0.5, 0.6) is 0 Å². The van der Waals surface area contributed by atoms with Gasteiger partial charge in [0.2, 0.25) is 3.42 Å². The molecule has 1 rings (SSSR count). The standard InChI is InChI=1S/C9H7IO4/c10-9(7(11)12,8(13)14)6-4-2-1-3-5-6/h1-5H,(H,11,12)(H,13,14). The number of benzene rings is 1. The predicted molar refractivity (Wildman–Crippen MR) is 57.4 cm³/mol. The minimum atomic E-state index is -1.90. The Labute approximate surface area is 93.7 Å². The van der Waals surface area contributed by atoms with E-state index in [1.54, 1.807) is 18.2 Å². The molecule has 0 fully saturated rings. The molecule has 0 saturated carbocycles. The lowest BCUT2D eigenvalue weighted by Gasteiger charge is -2.17. The van der Waals surface area contributed by atoms with Gasteiger partial charge in [0.05, 0.1) is 0 Å². The van der Waals surface area contributed by atoms with Crippen LogP contribution in [0.4, 0.5) is 0 Å². The Balaban J connectivity index is 3.27. The van der Waals surface area contributed by atoms with Gasteiger partial charge in [0.25, 0.3) is 0 Å². The van der Waals surface area contributed by atoms with Crippen LogP contribution < -0.4 is 0 Å². The molecule has 0 bridgehead atoms. The first-order chi connectivity index (χ1) is 6.49. The van der Waals surface area contributed by atoms with Gasteiger partial charge in [-0.1, -0.05) is 30.3 Å². The fraction of sp³-hybridized carbons (Fsp3) is 0.111. The number of alkyl halides is 1. The number of hydrogen-bond acceptors (Lipinski definition) is 2. The average molecular weight is 306 g/mol. The van der Waals surface area contributed by atoms with E-state index in [4.69, 9.17) is 10.2 Å². The summed E-state index contributed by atoms with van der Waals surface area (Å²) in [6, 6.07) is 7.87. The van der Waals surface area contributed by atoms with Gasteiger partial charge < -0.3 is 10.2 Å². The fourth-order valence-corrected chi connectivity index (χ4v) is 1.37. The van der Waals surface area contributed by atoms with Crippen molar-refractivity contribution in [3.8, 4) is 0 Å². The molecule has 0 heterocycles. The van der Waals surface area contributed by atoms with Crippen LogP contribution in [0, 0.1) is 0 Å². The van der Waals surface area contributed by atoms with Crippen LogP contribution in [-0.2, 0) is 13.0 Å². The van der Waals surface area contributed by atoms with Crippen LogP contribution >= 0.6 is 22.6 Å². The van der Waals surface area contributed by atoms with E-state index in [0.29, 0.717) is 0 Å². The summed E-state index contributed by atoms with van der Waals surface area (Å²) in [5.41, 5.74) is 0.251. The highest BCUT2D eigenvalue weighted by atomic mass is 127. The van der Waals surface area contributed by atoms with Crippen LogP contribution in [0.2, 0.25) is 0 Å². The highest BCUT2D eigenvalue weighted by Crippen LogP contribution is 2.32. The molecule has 0 atom stereocenters. The Morgan fingerprint density at radius 2 is 1.50 bits per heavy atom. The van der Waals surface area contributed by atoms with Gasteiger partial charge in [0.15, 0.2) is 0 Å². The summed E-state index contributed by atoms with van der Waals surface area (Å²) in [5.74, 6) is -2.76. The van der Waals surface area contributed by atoms with Crippen LogP contribution in [0.15, 0.2) is 30.3 Å². The van der Waals surface area contributed by atoms with Crippen molar-refractivity contribution in [3.05, 3.63) is 35.9 Å². The molecule has 0 aliphatic carbocycles. The predicted octanol–water partition coefficient (Wildman–Crippen LogP) is 1.49. The van der Waals surface area contributed by atoms with E-state index in [2.05, 4.69) is 0 Å². The first-order valence-corrected chi connectivity index (χ1v) is 4.78. The van der Waals surface area contributed by atoms with Crippen LogP contribution in [-0.4, -0.2) is 22.2 Å². The van der Waals surface area contributed by atoms with E-state index in [1.807, 2.05) is 0 Å². The second-order valence-corrected chi connectivity index (χ2v) is 4.25. The molecule has 0 spiro atoms. The van der Waals surface area contributed by atoms with Crippen molar-refractivity contribution >= 4 is 34.5 Å². The minimum Gasteiger partial charge on any atom is -0.480 e. The summed E-state index contributed by atoms with van der Waals surface area (Å²) in [5, 5.41) is 17.7. The van der Waals surface area contributed by atoms with Crippen LogP contribution in [0.1, 0.15) is 5.56 Å². The molecule has 0 radical (unpaired) electrons. The van der Waals surface area contributed by atoms with Gasteiger partial charge in [-0.05, 0) is 28.2 Å². The highest BCUT2D eigenvalue weighted by molar-refractivity contribution is 14.1. The number of carbonyl (C=O) groups is 2. The quantitative estimate of drug-likeness (QED) is 0.504.